The summed E-state index contributed by atoms with van der Waals surface area (Å²) in [7, 11) is -5.18. The first-order valence-electron chi connectivity index (χ1n) is 7.83. The van der Waals surface area contributed by atoms with Crippen molar-refractivity contribution < 1.29 is 22.3 Å². The second kappa shape index (κ2) is 6.63. The smallest absolute Gasteiger partial charge is 0.374 e. The molecule has 0 aliphatic carbocycles. The Morgan fingerprint density at radius 2 is 1.00 bits per heavy atom. The first-order chi connectivity index (χ1) is 12.3. The van der Waals surface area contributed by atoms with Gasteiger partial charge in [-0.05, 0) is 23.3 Å². The van der Waals surface area contributed by atoms with Crippen LogP contribution >= 0.6 is 0 Å². The summed E-state index contributed by atoms with van der Waals surface area (Å²) >= 11 is 0. The Labute approximate surface area is 150 Å². The molecule has 0 heterocycles. The Balaban J connectivity index is 2.29. The average Bonchev–Trinajstić information content (AvgIpc) is 2.69. The summed E-state index contributed by atoms with van der Waals surface area (Å²) < 4.78 is 56.4. The lowest BCUT2D eigenvalue weighted by Crippen LogP contribution is -2.51. The molecule has 6 heteroatoms. The lowest BCUT2D eigenvalue weighted by molar-refractivity contribution is -0.105. The number of hydrogen-bond acceptors (Lipinski definition) is 3. The molecule has 0 atom stereocenters. The van der Waals surface area contributed by atoms with Gasteiger partial charge in [0, 0.05) is 0 Å². The molecule has 3 aromatic carbocycles. The summed E-state index contributed by atoms with van der Waals surface area (Å²) in [6.45, 7) is 0. The van der Waals surface area contributed by atoms with E-state index < -0.39 is 25.6 Å². The molecule has 134 valence electrons. The molecule has 0 unspecified atom stereocenters. The molecule has 3 aromatic rings. The summed E-state index contributed by atoms with van der Waals surface area (Å²) in [6.07, 6.45) is 0. The van der Waals surface area contributed by atoms with Crippen LogP contribution in [0.5, 0.6) is 0 Å². The molecule has 0 amide bonds. The lowest BCUT2D eigenvalue weighted by Gasteiger charge is -2.36. The Morgan fingerprint density at radius 1 is 0.654 bits per heavy atom. The maximum absolute atomic E-state index is 15.5. The van der Waals surface area contributed by atoms with E-state index >= 15 is 8.78 Å². The number of halogens is 2. The molecule has 0 fully saturated rings. The summed E-state index contributed by atoms with van der Waals surface area (Å²) in [6, 6.07) is 20.6. The highest BCUT2D eigenvalue weighted by molar-refractivity contribution is 7.92. The molecule has 0 saturated carbocycles. The van der Waals surface area contributed by atoms with Gasteiger partial charge in [-0.25, -0.2) is 8.42 Å². The van der Waals surface area contributed by atoms with Crippen LogP contribution in [-0.2, 0) is 15.4 Å². The Hall–Kier alpha value is -2.57. The van der Waals surface area contributed by atoms with Crippen LogP contribution in [0.25, 0.3) is 0 Å². The van der Waals surface area contributed by atoms with Gasteiger partial charge in [0.1, 0.15) is 0 Å². The summed E-state index contributed by atoms with van der Waals surface area (Å²) in [5, 5.41) is 6.64. The van der Waals surface area contributed by atoms with Crippen molar-refractivity contribution in [3.63, 3.8) is 0 Å². The highest BCUT2D eigenvalue weighted by Crippen LogP contribution is 2.48. The quantitative estimate of drug-likeness (QED) is 0.735. The number of benzene rings is 3. The van der Waals surface area contributed by atoms with Gasteiger partial charge in [-0.3, -0.25) is 0 Å². The molecule has 0 spiro atoms. The zero-order valence-corrected chi connectivity index (χ0v) is 14.4. The van der Waals surface area contributed by atoms with E-state index in [9.17, 15) is 13.5 Å². The van der Waals surface area contributed by atoms with Crippen molar-refractivity contribution in [2.75, 3.05) is 0 Å². The van der Waals surface area contributed by atoms with Crippen molar-refractivity contribution in [3.8, 4) is 0 Å². The van der Waals surface area contributed by atoms with Gasteiger partial charge in [-0.15, -0.1) is 0 Å². The molecule has 26 heavy (non-hydrogen) atoms. The van der Waals surface area contributed by atoms with Crippen LogP contribution < -0.4 is 0 Å². The van der Waals surface area contributed by atoms with E-state index in [-0.39, 0.29) is 11.1 Å². The van der Waals surface area contributed by atoms with Gasteiger partial charge in [-0.2, -0.15) is 8.78 Å². The SMILES string of the molecule is O=S(=O)(c1ccccc1)C(F)(F)C(O)(c1ccccc1)c1ccccc1. The van der Waals surface area contributed by atoms with Crippen molar-refractivity contribution in [2.24, 2.45) is 0 Å². The maximum Gasteiger partial charge on any atom is 0.386 e. The zero-order valence-electron chi connectivity index (χ0n) is 13.6. The molecule has 0 bridgehead atoms. The van der Waals surface area contributed by atoms with Gasteiger partial charge in [0.25, 0.3) is 0 Å². The fraction of sp³-hybridized carbons (Fsp3) is 0.100. The maximum atomic E-state index is 15.5. The third-order valence-corrected chi connectivity index (χ3v) is 6.06. The molecule has 0 aliphatic rings. The zero-order chi connectivity index (χ0) is 18.8. The summed E-state index contributed by atoms with van der Waals surface area (Å²) in [4.78, 5) is -0.560. The normalized spacial score (nSPS) is 12.7. The highest BCUT2D eigenvalue weighted by atomic mass is 32.2. The number of rotatable bonds is 5. The van der Waals surface area contributed by atoms with Gasteiger partial charge in [0.05, 0.1) is 4.90 Å². The van der Waals surface area contributed by atoms with Crippen molar-refractivity contribution in [1.82, 2.24) is 0 Å². The van der Waals surface area contributed by atoms with Crippen LogP contribution in [0, 0.1) is 0 Å². The second-order valence-electron chi connectivity index (χ2n) is 5.78. The molecule has 0 aromatic heterocycles. The molecule has 3 nitrogen and oxygen atoms in total. The monoisotopic (exact) mass is 374 g/mol. The van der Waals surface area contributed by atoms with Crippen molar-refractivity contribution in [3.05, 3.63) is 102 Å². The number of alkyl halides is 2. The Bertz CT molecular complexity index is 934. The van der Waals surface area contributed by atoms with Crippen LogP contribution in [0.2, 0.25) is 0 Å². The molecule has 0 radical (unpaired) electrons. The van der Waals surface area contributed by atoms with E-state index in [2.05, 4.69) is 0 Å². The van der Waals surface area contributed by atoms with Gasteiger partial charge in [0.15, 0.2) is 5.60 Å². The van der Waals surface area contributed by atoms with Crippen LogP contribution in [-0.4, -0.2) is 18.8 Å². The minimum absolute atomic E-state index is 0.212. The van der Waals surface area contributed by atoms with Gasteiger partial charge >= 0.3 is 5.25 Å². The van der Waals surface area contributed by atoms with Crippen LogP contribution in [0.4, 0.5) is 8.78 Å². The molecule has 3 rings (SSSR count). The molecule has 0 saturated heterocycles. The van der Waals surface area contributed by atoms with Crippen LogP contribution in [0.15, 0.2) is 95.9 Å². The van der Waals surface area contributed by atoms with E-state index in [0.29, 0.717) is 0 Å². The molecule has 1 N–H and O–H groups in total. The van der Waals surface area contributed by atoms with E-state index in [0.717, 1.165) is 12.1 Å². The first-order valence-corrected chi connectivity index (χ1v) is 9.31. The van der Waals surface area contributed by atoms with Crippen LogP contribution in [0.1, 0.15) is 11.1 Å². The summed E-state index contributed by atoms with van der Waals surface area (Å²) in [5.41, 5.74) is -3.48. The molecular weight excluding hydrogens is 358 g/mol. The third kappa shape index (κ3) is 2.71. The topological polar surface area (TPSA) is 54.4 Å². The molecular formula is C20H16F2O3S. The summed E-state index contributed by atoms with van der Waals surface area (Å²) in [5.74, 6) is 0. The first kappa shape index (κ1) is 18.2. The number of aliphatic hydroxyl groups is 1. The fourth-order valence-electron chi connectivity index (χ4n) is 2.80. The van der Waals surface area contributed by atoms with E-state index in [1.165, 1.54) is 66.7 Å². The largest absolute Gasteiger partial charge is 0.386 e. The average molecular weight is 374 g/mol. The van der Waals surface area contributed by atoms with E-state index in [4.69, 9.17) is 0 Å². The Morgan fingerprint density at radius 3 is 1.38 bits per heavy atom. The van der Waals surface area contributed by atoms with Crippen molar-refractivity contribution in [1.29, 1.82) is 0 Å². The predicted octanol–water partition coefficient (Wildman–Crippen LogP) is 3.99. The van der Waals surface area contributed by atoms with Crippen molar-refractivity contribution >= 4 is 9.84 Å². The van der Waals surface area contributed by atoms with Crippen LogP contribution in [0.3, 0.4) is 0 Å². The molecule has 0 aliphatic heterocycles. The number of sulfone groups is 1. The van der Waals surface area contributed by atoms with Gasteiger partial charge in [0.2, 0.25) is 9.84 Å². The highest BCUT2D eigenvalue weighted by Gasteiger charge is 2.64. The Kier molecular flexibility index (Phi) is 4.64. The van der Waals surface area contributed by atoms with Gasteiger partial charge in [-0.1, -0.05) is 78.9 Å². The minimum atomic E-state index is -5.18. The van der Waals surface area contributed by atoms with Crippen molar-refractivity contribution in [2.45, 2.75) is 15.8 Å². The number of hydrogen-bond donors (Lipinski definition) is 1. The fourth-order valence-corrected chi connectivity index (χ4v) is 4.24. The van der Waals surface area contributed by atoms with E-state index in [1.54, 1.807) is 12.1 Å². The second-order valence-corrected chi connectivity index (χ2v) is 7.77. The van der Waals surface area contributed by atoms with E-state index in [1.807, 2.05) is 0 Å². The third-order valence-electron chi connectivity index (χ3n) is 4.20. The lowest BCUT2D eigenvalue weighted by atomic mass is 9.86. The van der Waals surface area contributed by atoms with Gasteiger partial charge < -0.3 is 5.11 Å². The minimum Gasteiger partial charge on any atom is -0.374 e. The standard InChI is InChI=1S/C20H16F2O3S/c21-20(22,26(24,25)18-14-8-3-9-15-18)19(23,16-10-4-1-5-11-16)17-12-6-2-7-13-17/h1-15,23H. The predicted molar refractivity (Wildman–Crippen MR) is 94.5 cm³/mol.